The molecule has 0 aliphatic carbocycles. The van der Waals surface area contributed by atoms with Crippen LogP contribution in [0.4, 0.5) is 0 Å². The maximum absolute atomic E-state index is 12.9. The zero-order chi connectivity index (χ0) is 31.7. The Labute approximate surface area is 267 Å². The molecule has 2 N–H and O–H groups in total. The monoisotopic (exact) mass is 612 g/mol. The lowest BCUT2D eigenvalue weighted by atomic mass is 9.86. The number of aromatic carboxylic acids is 1. The second-order valence-corrected chi connectivity index (χ2v) is 13.5. The number of nitrogens with zero attached hydrogens (tertiary/aromatic N) is 1. The van der Waals surface area contributed by atoms with Crippen molar-refractivity contribution < 1.29 is 14.7 Å². The minimum Gasteiger partial charge on any atom is -0.477 e. The highest BCUT2D eigenvalue weighted by Crippen LogP contribution is 2.37. The first-order chi connectivity index (χ1) is 21.6. The quantitative estimate of drug-likeness (QED) is 0.180. The van der Waals surface area contributed by atoms with Gasteiger partial charge >= 0.3 is 5.97 Å². The first kappa shape index (κ1) is 30.1. The molecule has 5 nitrogen and oxygen atoms in total. The summed E-state index contributed by atoms with van der Waals surface area (Å²) in [5.41, 5.74) is 8.70. The fourth-order valence-electron chi connectivity index (χ4n) is 5.81. The zero-order valence-corrected chi connectivity index (χ0v) is 26.7. The number of benzene rings is 4. The van der Waals surface area contributed by atoms with E-state index in [0.717, 1.165) is 49.2 Å². The van der Waals surface area contributed by atoms with Gasteiger partial charge in [0.05, 0.1) is 6.54 Å². The van der Waals surface area contributed by atoms with Gasteiger partial charge in [-0.15, -0.1) is 11.3 Å². The maximum Gasteiger partial charge on any atom is 0.353 e. The van der Waals surface area contributed by atoms with Crippen molar-refractivity contribution in [2.75, 3.05) is 0 Å². The number of carbonyl (C=O) groups is 2. The van der Waals surface area contributed by atoms with E-state index in [-0.39, 0.29) is 17.0 Å². The van der Waals surface area contributed by atoms with Crippen LogP contribution in [0, 0.1) is 6.92 Å². The molecule has 45 heavy (non-hydrogen) atoms. The topological polar surface area (TPSA) is 71.3 Å². The van der Waals surface area contributed by atoms with Crippen molar-refractivity contribution in [2.45, 2.75) is 46.2 Å². The number of fused-ring (bicyclic) bond motifs is 1. The Kier molecular flexibility index (Phi) is 8.17. The summed E-state index contributed by atoms with van der Waals surface area (Å²) in [5.74, 6) is -1.06. The highest BCUT2D eigenvalue weighted by molar-refractivity contribution is 7.09. The van der Waals surface area contributed by atoms with Gasteiger partial charge in [0, 0.05) is 33.5 Å². The molecular formula is C39H36N2O3S. The minimum absolute atomic E-state index is 0.00160. The lowest BCUT2D eigenvalue weighted by Crippen LogP contribution is -2.22. The molecule has 2 aromatic heterocycles. The van der Waals surface area contributed by atoms with E-state index in [1.807, 2.05) is 82.7 Å². The van der Waals surface area contributed by atoms with Crippen molar-refractivity contribution in [3.05, 3.63) is 141 Å². The standard InChI is InChI=1S/C39H36N2O3S/c1-25-11-12-29(26-13-15-28(16-14-26)37(42)40-23-32-8-7-21-45-32)22-30(25)24-41-34-10-6-5-9-33(34)35(36(41)38(43)44)27-17-19-31(20-18-27)39(2,3)4/h5-22H,23-24H2,1-4H3,(H,40,42)(H,43,44). The van der Waals surface area contributed by atoms with Crippen LogP contribution in [0.1, 0.15) is 63.2 Å². The van der Waals surface area contributed by atoms with Crippen LogP contribution in [0.3, 0.4) is 0 Å². The molecule has 0 fully saturated rings. The van der Waals surface area contributed by atoms with Gasteiger partial charge in [0.2, 0.25) is 0 Å². The summed E-state index contributed by atoms with van der Waals surface area (Å²) in [6.45, 7) is 9.49. The Morgan fingerprint density at radius 1 is 0.822 bits per heavy atom. The van der Waals surface area contributed by atoms with E-state index in [1.165, 1.54) is 5.56 Å². The molecule has 2 heterocycles. The number of para-hydroxylation sites is 1. The average molecular weight is 613 g/mol. The van der Waals surface area contributed by atoms with Crippen molar-refractivity contribution in [1.82, 2.24) is 9.88 Å². The SMILES string of the molecule is Cc1ccc(-c2ccc(C(=O)NCc3cccs3)cc2)cc1Cn1c(C(=O)O)c(-c2ccc(C(C)(C)C)cc2)c2ccccc21. The van der Waals surface area contributed by atoms with Crippen molar-refractivity contribution in [3.63, 3.8) is 0 Å². The molecule has 1 amide bonds. The number of carboxylic acids is 1. The molecule has 4 aromatic carbocycles. The van der Waals surface area contributed by atoms with Crippen molar-refractivity contribution >= 4 is 34.1 Å². The fourth-order valence-corrected chi connectivity index (χ4v) is 6.45. The molecule has 226 valence electrons. The number of carbonyl (C=O) groups excluding carboxylic acids is 1. The molecule has 0 radical (unpaired) electrons. The number of amides is 1. The number of hydrogen-bond donors (Lipinski definition) is 2. The second-order valence-electron chi connectivity index (χ2n) is 12.4. The van der Waals surface area contributed by atoms with E-state index < -0.39 is 5.97 Å². The van der Waals surface area contributed by atoms with Crippen LogP contribution in [0.2, 0.25) is 0 Å². The number of nitrogens with one attached hydrogen (secondary N) is 1. The average Bonchev–Trinajstić information content (AvgIpc) is 3.67. The smallest absolute Gasteiger partial charge is 0.353 e. The Bertz CT molecular complexity index is 2000. The predicted molar refractivity (Wildman–Crippen MR) is 184 cm³/mol. The number of aromatic nitrogens is 1. The maximum atomic E-state index is 12.9. The predicted octanol–water partition coefficient (Wildman–Crippen LogP) is 9.32. The van der Waals surface area contributed by atoms with Crippen LogP contribution >= 0.6 is 11.3 Å². The van der Waals surface area contributed by atoms with E-state index in [2.05, 4.69) is 63.3 Å². The molecule has 6 heteroatoms. The summed E-state index contributed by atoms with van der Waals surface area (Å²) >= 11 is 1.62. The largest absolute Gasteiger partial charge is 0.477 e. The molecule has 0 saturated heterocycles. The Balaban J connectivity index is 1.33. The minimum atomic E-state index is -0.956. The normalized spacial score (nSPS) is 11.6. The number of rotatable bonds is 8. The Hall–Kier alpha value is -4.94. The van der Waals surface area contributed by atoms with Crippen LogP contribution in [0.25, 0.3) is 33.2 Å². The Morgan fingerprint density at radius 3 is 2.18 bits per heavy atom. The summed E-state index contributed by atoms with van der Waals surface area (Å²) < 4.78 is 1.93. The van der Waals surface area contributed by atoms with Crippen LogP contribution in [-0.2, 0) is 18.5 Å². The molecule has 0 aliphatic rings. The molecule has 0 unspecified atom stereocenters. The van der Waals surface area contributed by atoms with Crippen molar-refractivity contribution in [2.24, 2.45) is 0 Å². The Morgan fingerprint density at radius 2 is 1.51 bits per heavy atom. The van der Waals surface area contributed by atoms with E-state index in [0.29, 0.717) is 18.7 Å². The van der Waals surface area contributed by atoms with Gasteiger partial charge < -0.3 is 15.0 Å². The summed E-state index contributed by atoms with van der Waals surface area (Å²) in [6, 6.07) is 34.0. The summed E-state index contributed by atoms with van der Waals surface area (Å²) in [7, 11) is 0. The third-order valence-corrected chi connectivity index (χ3v) is 9.25. The summed E-state index contributed by atoms with van der Waals surface area (Å²) in [4.78, 5) is 26.7. The molecule has 6 aromatic rings. The van der Waals surface area contributed by atoms with E-state index >= 15 is 0 Å². The van der Waals surface area contributed by atoms with Crippen molar-refractivity contribution in [1.29, 1.82) is 0 Å². The van der Waals surface area contributed by atoms with Gasteiger partial charge in [-0.1, -0.05) is 93.6 Å². The van der Waals surface area contributed by atoms with Crippen LogP contribution in [0.5, 0.6) is 0 Å². The van der Waals surface area contributed by atoms with Gasteiger partial charge in [-0.2, -0.15) is 0 Å². The molecule has 0 atom stereocenters. The second kappa shape index (κ2) is 12.2. The van der Waals surface area contributed by atoms with E-state index in [9.17, 15) is 14.7 Å². The van der Waals surface area contributed by atoms with Crippen molar-refractivity contribution in [3.8, 4) is 22.3 Å². The highest BCUT2D eigenvalue weighted by atomic mass is 32.1. The first-order valence-electron chi connectivity index (χ1n) is 15.1. The van der Waals surface area contributed by atoms with Gasteiger partial charge in [-0.3, -0.25) is 4.79 Å². The van der Waals surface area contributed by atoms with Crippen LogP contribution in [0.15, 0.2) is 109 Å². The van der Waals surface area contributed by atoms with E-state index in [4.69, 9.17) is 0 Å². The molecule has 0 saturated carbocycles. The summed E-state index contributed by atoms with van der Waals surface area (Å²) in [5, 5.41) is 16.5. The van der Waals surface area contributed by atoms with Crippen LogP contribution in [-0.4, -0.2) is 21.6 Å². The van der Waals surface area contributed by atoms with Gasteiger partial charge in [-0.25, -0.2) is 4.79 Å². The lowest BCUT2D eigenvalue weighted by Gasteiger charge is -2.19. The van der Waals surface area contributed by atoms with Gasteiger partial charge in [0.1, 0.15) is 5.69 Å². The van der Waals surface area contributed by atoms with E-state index in [1.54, 1.807) is 11.3 Å². The number of thiophene rings is 1. The van der Waals surface area contributed by atoms with Gasteiger partial charge in [-0.05, 0) is 81.4 Å². The third kappa shape index (κ3) is 6.19. The molecular weight excluding hydrogens is 577 g/mol. The van der Waals surface area contributed by atoms with Gasteiger partial charge in [0.15, 0.2) is 0 Å². The highest BCUT2D eigenvalue weighted by Gasteiger charge is 2.24. The lowest BCUT2D eigenvalue weighted by molar-refractivity contribution is 0.0687. The molecule has 6 rings (SSSR count). The number of carboxylic acid groups (broad SMARTS) is 1. The van der Waals surface area contributed by atoms with Crippen LogP contribution < -0.4 is 5.32 Å². The number of hydrogen-bond acceptors (Lipinski definition) is 3. The molecule has 0 spiro atoms. The first-order valence-corrected chi connectivity index (χ1v) is 15.9. The zero-order valence-electron chi connectivity index (χ0n) is 25.9. The van der Waals surface area contributed by atoms with Gasteiger partial charge in [0.25, 0.3) is 5.91 Å². The summed E-state index contributed by atoms with van der Waals surface area (Å²) in [6.07, 6.45) is 0. The number of aryl methyl sites for hydroxylation is 1. The third-order valence-electron chi connectivity index (χ3n) is 8.37. The molecule has 0 bridgehead atoms. The molecule has 0 aliphatic heterocycles. The fraction of sp³-hybridized carbons (Fsp3) is 0.179.